The lowest BCUT2D eigenvalue weighted by molar-refractivity contribution is -0.148. The minimum atomic E-state index is -0.536. The number of methoxy groups -OCH3 is 1. The van der Waals surface area contributed by atoms with Crippen LogP contribution in [-0.2, 0) is 19.1 Å². The Hall–Kier alpha value is -3.06. The van der Waals surface area contributed by atoms with Gasteiger partial charge in [0.2, 0.25) is 5.91 Å². The zero-order chi connectivity index (χ0) is 21.9. The third-order valence-corrected chi connectivity index (χ3v) is 4.50. The first-order valence-electron chi connectivity index (χ1n) is 9.52. The number of nitrogens with one attached hydrogen (secondary N) is 2. The fourth-order valence-electron chi connectivity index (χ4n) is 2.71. The number of amides is 2. The highest BCUT2D eigenvalue weighted by Gasteiger charge is 2.13. The molecule has 1 atom stereocenters. The molecule has 0 unspecified atom stereocenters. The van der Waals surface area contributed by atoms with Crippen molar-refractivity contribution in [3.8, 4) is 5.75 Å². The van der Waals surface area contributed by atoms with Crippen molar-refractivity contribution in [1.82, 2.24) is 5.32 Å². The van der Waals surface area contributed by atoms with Gasteiger partial charge in [0.05, 0.1) is 18.8 Å². The summed E-state index contributed by atoms with van der Waals surface area (Å²) in [6, 6.07) is 14.2. The molecule has 0 aliphatic heterocycles. The van der Waals surface area contributed by atoms with Gasteiger partial charge in [-0.1, -0.05) is 41.9 Å². The molecule has 0 fully saturated rings. The molecule has 2 rings (SSSR count). The number of carbonyl (C=O) groups excluding carboxylic acids is 3. The van der Waals surface area contributed by atoms with Gasteiger partial charge in [0, 0.05) is 17.9 Å². The molecule has 30 heavy (non-hydrogen) atoms. The number of halogens is 1. The lowest BCUT2D eigenvalue weighted by atomic mass is 10.1. The largest absolute Gasteiger partial charge is 0.495 e. The quantitative estimate of drug-likeness (QED) is 0.556. The summed E-state index contributed by atoms with van der Waals surface area (Å²) in [5.41, 5.74) is 1.42. The van der Waals surface area contributed by atoms with Gasteiger partial charge in [-0.25, -0.2) is 0 Å². The van der Waals surface area contributed by atoms with Crippen molar-refractivity contribution in [3.63, 3.8) is 0 Å². The van der Waals surface area contributed by atoms with E-state index in [1.54, 1.807) is 18.2 Å². The van der Waals surface area contributed by atoms with E-state index in [0.717, 1.165) is 5.56 Å². The molecule has 0 saturated carbocycles. The number of hydrogen-bond acceptors (Lipinski definition) is 5. The molecule has 0 spiro atoms. The molecule has 0 bridgehead atoms. The summed E-state index contributed by atoms with van der Waals surface area (Å²) in [4.78, 5) is 35.8. The predicted octanol–water partition coefficient (Wildman–Crippen LogP) is 3.88. The van der Waals surface area contributed by atoms with E-state index in [1.807, 2.05) is 37.3 Å². The maximum absolute atomic E-state index is 12.1. The van der Waals surface area contributed by atoms with Crippen LogP contribution in [-0.4, -0.2) is 31.5 Å². The van der Waals surface area contributed by atoms with Gasteiger partial charge >= 0.3 is 5.97 Å². The molecule has 8 heteroatoms. The van der Waals surface area contributed by atoms with Crippen LogP contribution in [0.25, 0.3) is 0 Å². The number of hydrogen-bond donors (Lipinski definition) is 2. The van der Waals surface area contributed by atoms with Gasteiger partial charge < -0.3 is 20.1 Å². The first-order valence-corrected chi connectivity index (χ1v) is 9.90. The molecule has 2 aromatic carbocycles. The van der Waals surface area contributed by atoms with Crippen LogP contribution in [0, 0.1) is 0 Å². The molecule has 0 aromatic heterocycles. The Morgan fingerprint density at radius 2 is 1.77 bits per heavy atom. The molecule has 2 aromatic rings. The summed E-state index contributed by atoms with van der Waals surface area (Å²) in [5.74, 6) is -0.711. The van der Waals surface area contributed by atoms with Crippen LogP contribution in [0.4, 0.5) is 5.69 Å². The monoisotopic (exact) mass is 432 g/mol. The van der Waals surface area contributed by atoms with Gasteiger partial charge in [-0.3, -0.25) is 14.4 Å². The zero-order valence-corrected chi connectivity index (χ0v) is 17.7. The summed E-state index contributed by atoms with van der Waals surface area (Å²) in [6.45, 7) is 1.49. The van der Waals surface area contributed by atoms with Gasteiger partial charge in [0.1, 0.15) is 5.75 Å². The van der Waals surface area contributed by atoms with Crippen molar-refractivity contribution in [2.24, 2.45) is 0 Å². The summed E-state index contributed by atoms with van der Waals surface area (Å²) in [6.07, 6.45) is 0.430. The molecule has 160 valence electrons. The van der Waals surface area contributed by atoms with Gasteiger partial charge in [-0.05, 0) is 37.1 Å². The van der Waals surface area contributed by atoms with E-state index in [9.17, 15) is 14.4 Å². The summed E-state index contributed by atoms with van der Waals surface area (Å²) >= 11 is 5.93. The molecule has 2 amide bonds. The fourth-order valence-corrected chi connectivity index (χ4v) is 2.88. The molecule has 0 aliphatic carbocycles. The van der Waals surface area contributed by atoms with Gasteiger partial charge in [0.25, 0.3) is 5.91 Å². The Bertz CT molecular complexity index is 873. The number of carbonyl (C=O) groups is 3. The van der Waals surface area contributed by atoms with E-state index < -0.39 is 5.97 Å². The van der Waals surface area contributed by atoms with Crippen LogP contribution in [0.2, 0.25) is 5.02 Å². The number of anilines is 1. The smallest absolute Gasteiger partial charge is 0.306 e. The first kappa shape index (κ1) is 23.2. The van der Waals surface area contributed by atoms with Crippen LogP contribution in [0.1, 0.15) is 37.8 Å². The average Bonchev–Trinajstić information content (AvgIpc) is 2.73. The fraction of sp³-hybridized carbons (Fsp3) is 0.318. The summed E-state index contributed by atoms with van der Waals surface area (Å²) < 4.78 is 10.1. The van der Waals surface area contributed by atoms with E-state index in [1.165, 1.54) is 7.11 Å². The van der Waals surface area contributed by atoms with Crippen molar-refractivity contribution in [2.45, 2.75) is 32.2 Å². The van der Waals surface area contributed by atoms with E-state index in [-0.39, 0.29) is 43.7 Å². The number of rotatable bonds is 10. The van der Waals surface area contributed by atoms with Gasteiger partial charge in [0.15, 0.2) is 6.61 Å². The Morgan fingerprint density at radius 1 is 1.03 bits per heavy atom. The Labute approximate surface area is 180 Å². The lowest BCUT2D eigenvalue weighted by Gasteiger charge is -2.14. The second kappa shape index (κ2) is 11.8. The van der Waals surface area contributed by atoms with Crippen LogP contribution in [0.3, 0.4) is 0 Å². The van der Waals surface area contributed by atoms with Crippen LogP contribution >= 0.6 is 11.6 Å². The Kier molecular flexibility index (Phi) is 9.15. The lowest BCUT2D eigenvalue weighted by Crippen LogP contribution is -2.31. The van der Waals surface area contributed by atoms with Crippen molar-refractivity contribution >= 4 is 35.1 Å². The van der Waals surface area contributed by atoms with Crippen molar-refractivity contribution < 1.29 is 23.9 Å². The maximum atomic E-state index is 12.1. The molecule has 0 saturated heterocycles. The summed E-state index contributed by atoms with van der Waals surface area (Å²) in [7, 11) is 1.49. The van der Waals surface area contributed by atoms with Crippen molar-refractivity contribution in [3.05, 3.63) is 59.1 Å². The zero-order valence-electron chi connectivity index (χ0n) is 16.9. The Morgan fingerprint density at radius 3 is 2.47 bits per heavy atom. The first-order chi connectivity index (χ1) is 14.4. The second-order valence-corrected chi connectivity index (χ2v) is 7.04. The minimum absolute atomic E-state index is 0.0294. The topological polar surface area (TPSA) is 93.7 Å². The highest BCUT2D eigenvalue weighted by molar-refractivity contribution is 6.31. The van der Waals surface area contributed by atoms with Crippen LogP contribution in [0.5, 0.6) is 5.75 Å². The number of esters is 1. The molecule has 7 nitrogen and oxygen atoms in total. The minimum Gasteiger partial charge on any atom is -0.495 e. The predicted molar refractivity (Wildman–Crippen MR) is 114 cm³/mol. The van der Waals surface area contributed by atoms with E-state index in [2.05, 4.69) is 10.6 Å². The van der Waals surface area contributed by atoms with E-state index >= 15 is 0 Å². The van der Waals surface area contributed by atoms with Gasteiger partial charge in [-0.2, -0.15) is 0 Å². The molecule has 0 aliphatic rings. The average molecular weight is 433 g/mol. The summed E-state index contributed by atoms with van der Waals surface area (Å²) in [5, 5.41) is 5.93. The van der Waals surface area contributed by atoms with Crippen molar-refractivity contribution in [1.29, 1.82) is 0 Å². The molecule has 2 N–H and O–H groups in total. The molecular weight excluding hydrogens is 408 g/mol. The standard InChI is InChI=1S/C22H25ClN2O5/c1-15(16-7-4-3-5-8-16)24-21(27)14-30-22(28)10-6-9-20(26)25-18-13-17(23)11-12-19(18)29-2/h3-5,7-8,11-13,15H,6,9-10,14H2,1-2H3,(H,24,27)(H,25,26)/t15-/m0/s1. The van der Waals surface area contributed by atoms with Crippen molar-refractivity contribution in [2.75, 3.05) is 19.0 Å². The molecular formula is C22H25ClN2O5. The third kappa shape index (κ3) is 7.75. The maximum Gasteiger partial charge on any atom is 0.306 e. The van der Waals surface area contributed by atoms with E-state index in [4.69, 9.17) is 21.1 Å². The second-order valence-electron chi connectivity index (χ2n) is 6.61. The highest BCUT2D eigenvalue weighted by atomic mass is 35.5. The van der Waals surface area contributed by atoms with Gasteiger partial charge in [-0.15, -0.1) is 0 Å². The highest BCUT2D eigenvalue weighted by Crippen LogP contribution is 2.27. The Balaban J connectivity index is 1.66. The number of ether oxygens (including phenoxy) is 2. The normalized spacial score (nSPS) is 11.3. The molecule has 0 radical (unpaired) electrons. The van der Waals surface area contributed by atoms with Crippen LogP contribution < -0.4 is 15.4 Å². The third-order valence-electron chi connectivity index (χ3n) is 4.26. The SMILES string of the molecule is COc1ccc(Cl)cc1NC(=O)CCCC(=O)OCC(=O)N[C@@H](C)c1ccccc1. The van der Waals surface area contributed by atoms with Crippen LogP contribution in [0.15, 0.2) is 48.5 Å². The molecule has 0 heterocycles. The number of benzene rings is 2. The van der Waals surface area contributed by atoms with E-state index in [0.29, 0.717) is 16.5 Å².